The number of oxazole rings is 1. The number of benzene rings is 2. The SMILES string of the molecule is CC1(C)CC(=O)C2=C(C1)NC(Nc1nc3ccccc3o1)=NC2c1cc(F)cc(F)c1. The molecule has 0 bridgehead atoms. The molecule has 6 nitrogen and oxygen atoms in total. The molecule has 1 aromatic heterocycles. The van der Waals surface area contributed by atoms with Gasteiger partial charge in [0.25, 0.3) is 0 Å². The van der Waals surface area contributed by atoms with Crippen LogP contribution in [0.4, 0.5) is 14.8 Å². The summed E-state index contributed by atoms with van der Waals surface area (Å²) < 4.78 is 33.6. The van der Waals surface area contributed by atoms with Crippen LogP contribution in [0.2, 0.25) is 0 Å². The van der Waals surface area contributed by atoms with Crippen LogP contribution in [0.25, 0.3) is 11.1 Å². The number of anilines is 1. The van der Waals surface area contributed by atoms with Gasteiger partial charge >= 0.3 is 6.01 Å². The van der Waals surface area contributed by atoms with Gasteiger partial charge in [-0.05, 0) is 41.7 Å². The van der Waals surface area contributed by atoms with Crippen LogP contribution in [0.15, 0.2) is 63.1 Å². The number of carbonyl (C=O) groups excluding carboxylic acids is 1. The van der Waals surface area contributed by atoms with E-state index in [0.717, 1.165) is 6.07 Å². The Morgan fingerprint density at radius 3 is 2.61 bits per heavy atom. The number of fused-ring (bicyclic) bond motifs is 1. The molecule has 0 spiro atoms. The summed E-state index contributed by atoms with van der Waals surface area (Å²) in [6.07, 6.45) is 0.932. The van der Waals surface area contributed by atoms with Gasteiger partial charge in [0.1, 0.15) is 23.2 Å². The number of allylic oxidation sites excluding steroid dienone is 1. The minimum atomic E-state index is -0.836. The summed E-state index contributed by atoms with van der Waals surface area (Å²) in [5.41, 5.74) is 2.44. The summed E-state index contributed by atoms with van der Waals surface area (Å²) in [5, 5.41) is 6.18. The molecule has 0 radical (unpaired) electrons. The van der Waals surface area contributed by atoms with Crippen molar-refractivity contribution in [1.82, 2.24) is 10.3 Å². The molecule has 31 heavy (non-hydrogen) atoms. The van der Waals surface area contributed by atoms with Crippen LogP contribution < -0.4 is 10.6 Å². The Balaban J connectivity index is 1.57. The predicted octanol–water partition coefficient (Wildman–Crippen LogP) is 4.86. The summed E-state index contributed by atoms with van der Waals surface area (Å²) in [4.78, 5) is 21.9. The Morgan fingerprint density at radius 1 is 1.13 bits per heavy atom. The molecule has 0 amide bonds. The third-order valence-electron chi connectivity index (χ3n) is 5.44. The van der Waals surface area contributed by atoms with Crippen LogP contribution in [-0.4, -0.2) is 16.7 Å². The number of carbonyl (C=O) groups is 1. The van der Waals surface area contributed by atoms with Crippen LogP contribution in [0.3, 0.4) is 0 Å². The molecule has 0 fully saturated rings. The van der Waals surface area contributed by atoms with Crippen LogP contribution >= 0.6 is 0 Å². The van der Waals surface area contributed by atoms with Gasteiger partial charge in [-0.25, -0.2) is 13.8 Å². The van der Waals surface area contributed by atoms with Crippen LogP contribution in [0.5, 0.6) is 0 Å². The minimum absolute atomic E-state index is 0.0851. The Labute approximate surface area is 177 Å². The number of nitrogens with zero attached hydrogens (tertiary/aromatic N) is 2. The zero-order chi connectivity index (χ0) is 21.8. The minimum Gasteiger partial charge on any atom is -0.423 e. The van der Waals surface area contributed by atoms with E-state index >= 15 is 0 Å². The maximum atomic E-state index is 13.9. The van der Waals surface area contributed by atoms with Crippen LogP contribution in [0.1, 0.15) is 38.3 Å². The van der Waals surface area contributed by atoms with Gasteiger partial charge in [-0.2, -0.15) is 4.98 Å². The van der Waals surface area contributed by atoms with E-state index in [0.29, 0.717) is 41.2 Å². The Morgan fingerprint density at radius 2 is 1.87 bits per heavy atom. The summed E-state index contributed by atoms with van der Waals surface area (Å²) in [6, 6.07) is 9.91. The highest BCUT2D eigenvalue weighted by atomic mass is 19.1. The summed E-state index contributed by atoms with van der Waals surface area (Å²) in [6.45, 7) is 4.01. The van der Waals surface area contributed by atoms with E-state index in [9.17, 15) is 13.6 Å². The molecule has 0 saturated heterocycles. The zero-order valence-corrected chi connectivity index (χ0v) is 17.0. The third-order valence-corrected chi connectivity index (χ3v) is 5.44. The van der Waals surface area contributed by atoms with Crippen molar-refractivity contribution >= 4 is 28.9 Å². The van der Waals surface area contributed by atoms with Crippen molar-refractivity contribution in [2.24, 2.45) is 10.4 Å². The molecule has 5 rings (SSSR count). The van der Waals surface area contributed by atoms with Crippen LogP contribution in [0, 0.1) is 17.0 Å². The van der Waals surface area contributed by atoms with Gasteiger partial charge in [-0.15, -0.1) is 0 Å². The topological polar surface area (TPSA) is 79.5 Å². The quantitative estimate of drug-likeness (QED) is 0.617. The molecular formula is C23H20F2N4O2. The highest BCUT2D eigenvalue weighted by molar-refractivity contribution is 6.03. The van der Waals surface area contributed by atoms with Crippen molar-refractivity contribution in [2.75, 3.05) is 5.32 Å². The molecule has 2 aliphatic rings. The van der Waals surface area contributed by atoms with Crippen molar-refractivity contribution < 1.29 is 18.0 Å². The summed E-state index contributed by atoms with van der Waals surface area (Å²) in [7, 11) is 0. The molecule has 1 aliphatic heterocycles. The first-order chi connectivity index (χ1) is 14.8. The van der Waals surface area contributed by atoms with E-state index in [1.165, 1.54) is 12.1 Å². The van der Waals surface area contributed by atoms with E-state index in [2.05, 4.69) is 20.6 Å². The van der Waals surface area contributed by atoms with E-state index in [-0.39, 0.29) is 22.8 Å². The number of para-hydroxylation sites is 2. The molecule has 0 saturated carbocycles. The average Bonchev–Trinajstić information content (AvgIpc) is 3.07. The number of aliphatic imine (C=N–C) groups is 1. The van der Waals surface area contributed by atoms with Crippen LogP contribution in [-0.2, 0) is 4.79 Å². The molecule has 1 aliphatic carbocycles. The first kappa shape index (κ1) is 19.4. The summed E-state index contributed by atoms with van der Waals surface area (Å²) in [5.74, 6) is -1.23. The number of hydrogen-bond acceptors (Lipinski definition) is 6. The first-order valence-electron chi connectivity index (χ1n) is 9.97. The number of aromatic nitrogens is 1. The standard InChI is InChI=1S/C23H20F2N4O2/c1-23(2)10-16-19(17(30)11-23)20(12-7-13(24)9-14(25)8-12)28-21(26-16)29-22-27-15-5-3-4-6-18(15)31-22/h3-9,20H,10-11H2,1-2H3,(H2,26,27,28,29). The Kier molecular flexibility index (Phi) is 4.39. The van der Waals surface area contributed by atoms with Crippen molar-refractivity contribution in [3.63, 3.8) is 0 Å². The number of ketones is 1. The van der Waals surface area contributed by atoms with Crippen molar-refractivity contribution in [3.05, 3.63) is 70.9 Å². The fraction of sp³-hybridized carbons (Fsp3) is 0.261. The number of halogens is 2. The van der Waals surface area contributed by atoms with E-state index in [4.69, 9.17) is 4.42 Å². The van der Waals surface area contributed by atoms with Gasteiger partial charge in [0.05, 0.1) is 0 Å². The van der Waals surface area contributed by atoms with Crippen molar-refractivity contribution in [2.45, 2.75) is 32.7 Å². The van der Waals surface area contributed by atoms with E-state index in [1.807, 2.05) is 32.0 Å². The van der Waals surface area contributed by atoms with E-state index < -0.39 is 17.7 Å². The first-order valence-corrected chi connectivity index (χ1v) is 9.97. The smallest absolute Gasteiger partial charge is 0.302 e. The van der Waals surface area contributed by atoms with Gasteiger partial charge in [0.2, 0.25) is 5.96 Å². The number of hydrogen-bond donors (Lipinski definition) is 2. The van der Waals surface area contributed by atoms with E-state index in [1.54, 1.807) is 6.07 Å². The molecular weight excluding hydrogens is 402 g/mol. The second-order valence-electron chi connectivity index (χ2n) is 8.65. The van der Waals surface area contributed by atoms with Gasteiger partial charge in [0.15, 0.2) is 11.4 Å². The lowest BCUT2D eigenvalue weighted by molar-refractivity contribution is -0.118. The number of Topliss-reactive ketones (excluding diaryl/α,β-unsaturated/α-hetero) is 1. The van der Waals surface area contributed by atoms with Gasteiger partial charge in [0, 0.05) is 23.8 Å². The molecule has 8 heteroatoms. The number of rotatable bonds is 2. The number of guanidine groups is 1. The second-order valence-corrected chi connectivity index (χ2v) is 8.65. The molecule has 158 valence electrons. The molecule has 2 aromatic carbocycles. The van der Waals surface area contributed by atoms with Gasteiger partial charge < -0.3 is 9.73 Å². The largest absolute Gasteiger partial charge is 0.423 e. The Bertz CT molecular complexity index is 1220. The lowest BCUT2D eigenvalue weighted by atomic mass is 9.73. The number of nitrogens with one attached hydrogen (secondary N) is 2. The average molecular weight is 422 g/mol. The zero-order valence-electron chi connectivity index (χ0n) is 17.0. The second kappa shape index (κ2) is 7.01. The van der Waals surface area contributed by atoms with Gasteiger partial charge in [-0.3, -0.25) is 10.1 Å². The molecule has 1 atom stereocenters. The third kappa shape index (κ3) is 3.69. The predicted molar refractivity (Wildman–Crippen MR) is 112 cm³/mol. The molecule has 3 aromatic rings. The highest BCUT2D eigenvalue weighted by Gasteiger charge is 2.39. The maximum Gasteiger partial charge on any atom is 0.302 e. The van der Waals surface area contributed by atoms with Crippen molar-refractivity contribution in [1.29, 1.82) is 0 Å². The lowest BCUT2D eigenvalue weighted by Gasteiger charge is -2.37. The monoisotopic (exact) mass is 422 g/mol. The maximum absolute atomic E-state index is 13.9. The molecule has 2 N–H and O–H groups in total. The highest BCUT2D eigenvalue weighted by Crippen LogP contribution is 2.43. The lowest BCUT2D eigenvalue weighted by Crippen LogP contribution is -2.41. The normalized spacial score (nSPS) is 20.3. The fourth-order valence-corrected chi connectivity index (χ4v) is 4.20. The molecule has 2 heterocycles. The molecule has 1 unspecified atom stereocenters. The van der Waals surface area contributed by atoms with Gasteiger partial charge in [-0.1, -0.05) is 26.0 Å². The Hall–Kier alpha value is -3.55. The van der Waals surface area contributed by atoms with Crippen molar-refractivity contribution in [3.8, 4) is 0 Å². The fourth-order valence-electron chi connectivity index (χ4n) is 4.20. The summed E-state index contributed by atoms with van der Waals surface area (Å²) >= 11 is 0.